The Balaban J connectivity index is 1.90. The van der Waals surface area contributed by atoms with Crippen LogP contribution >= 0.6 is 0 Å². The molecule has 1 aliphatic rings. The van der Waals surface area contributed by atoms with Gasteiger partial charge in [0.15, 0.2) is 0 Å². The van der Waals surface area contributed by atoms with Crippen LogP contribution in [0.15, 0.2) is 28.8 Å². The summed E-state index contributed by atoms with van der Waals surface area (Å²) in [6.45, 7) is 0. The van der Waals surface area contributed by atoms with Crippen molar-refractivity contribution in [1.82, 2.24) is 10.1 Å². The van der Waals surface area contributed by atoms with E-state index in [1.165, 1.54) is 11.1 Å². The highest BCUT2D eigenvalue weighted by Crippen LogP contribution is 2.32. The summed E-state index contributed by atoms with van der Waals surface area (Å²) in [5, 5.41) is 3.62. The van der Waals surface area contributed by atoms with E-state index in [1.54, 1.807) is 0 Å². The van der Waals surface area contributed by atoms with E-state index in [4.69, 9.17) is 10.3 Å². The van der Waals surface area contributed by atoms with Gasteiger partial charge in [-0.2, -0.15) is 4.98 Å². The van der Waals surface area contributed by atoms with Crippen LogP contribution in [0.2, 0.25) is 0 Å². The molecule has 76 valence electrons. The topological polar surface area (TPSA) is 64.9 Å². The Hall–Kier alpha value is -1.84. The maximum Gasteiger partial charge on any atom is 0.260 e. The Morgan fingerprint density at radius 2 is 1.87 bits per heavy atom. The Labute approximate surface area is 87.1 Å². The van der Waals surface area contributed by atoms with Gasteiger partial charge in [0.2, 0.25) is 5.89 Å². The third-order valence-corrected chi connectivity index (χ3v) is 2.86. The number of nitrogens with zero attached hydrogens (tertiary/aromatic N) is 2. The van der Waals surface area contributed by atoms with Crippen LogP contribution in [0.5, 0.6) is 0 Å². The molecule has 0 radical (unpaired) electrons. The van der Waals surface area contributed by atoms with Gasteiger partial charge in [-0.1, -0.05) is 24.3 Å². The second kappa shape index (κ2) is 3.08. The van der Waals surface area contributed by atoms with Crippen LogP contribution in [0.4, 0.5) is 5.95 Å². The molecule has 0 saturated heterocycles. The molecule has 0 aliphatic heterocycles. The van der Waals surface area contributed by atoms with Crippen molar-refractivity contribution in [2.24, 2.45) is 0 Å². The van der Waals surface area contributed by atoms with E-state index in [-0.39, 0.29) is 5.95 Å². The quantitative estimate of drug-likeness (QED) is 0.760. The van der Waals surface area contributed by atoms with Crippen LogP contribution in [0.25, 0.3) is 0 Å². The number of rotatable bonds is 1. The molecule has 0 unspecified atom stereocenters. The standard InChI is InChI=1S/C11H11N3O/c12-11-13-10(15-14-11)9-5-7-3-1-2-4-8(7)6-9/h1-4,9H,5-6H2,(H2,12,14). The van der Waals surface area contributed by atoms with Gasteiger partial charge < -0.3 is 10.3 Å². The smallest absolute Gasteiger partial charge is 0.260 e. The highest BCUT2D eigenvalue weighted by atomic mass is 16.5. The van der Waals surface area contributed by atoms with Gasteiger partial charge >= 0.3 is 0 Å². The van der Waals surface area contributed by atoms with Crippen LogP contribution in [0.3, 0.4) is 0 Å². The monoisotopic (exact) mass is 201 g/mol. The molecule has 4 heteroatoms. The first-order valence-electron chi connectivity index (χ1n) is 4.99. The molecule has 0 amide bonds. The minimum atomic E-state index is 0.223. The molecule has 0 atom stereocenters. The second-order valence-corrected chi connectivity index (χ2v) is 3.86. The highest BCUT2D eigenvalue weighted by Gasteiger charge is 2.26. The lowest BCUT2D eigenvalue weighted by Crippen LogP contribution is -1.98. The summed E-state index contributed by atoms with van der Waals surface area (Å²) in [5.74, 6) is 1.18. The number of anilines is 1. The normalized spacial score (nSPS) is 15.5. The molecule has 0 bridgehead atoms. The Morgan fingerprint density at radius 3 is 2.40 bits per heavy atom. The largest absolute Gasteiger partial charge is 0.365 e. The average molecular weight is 201 g/mol. The first-order chi connectivity index (χ1) is 7.33. The predicted molar refractivity (Wildman–Crippen MR) is 55.3 cm³/mol. The van der Waals surface area contributed by atoms with Crippen molar-refractivity contribution in [2.45, 2.75) is 18.8 Å². The van der Waals surface area contributed by atoms with Gasteiger partial charge in [0.05, 0.1) is 0 Å². The molecule has 1 heterocycles. The van der Waals surface area contributed by atoms with E-state index >= 15 is 0 Å². The molecule has 4 nitrogen and oxygen atoms in total. The van der Waals surface area contributed by atoms with Crippen LogP contribution in [-0.2, 0) is 12.8 Å². The van der Waals surface area contributed by atoms with E-state index in [0.29, 0.717) is 11.8 Å². The van der Waals surface area contributed by atoms with E-state index in [2.05, 4.69) is 34.4 Å². The molecule has 15 heavy (non-hydrogen) atoms. The Bertz CT molecular complexity index is 467. The van der Waals surface area contributed by atoms with E-state index in [1.807, 2.05) is 0 Å². The van der Waals surface area contributed by atoms with Gasteiger partial charge in [-0.15, -0.1) is 0 Å². The van der Waals surface area contributed by atoms with Crippen molar-refractivity contribution in [3.63, 3.8) is 0 Å². The molecule has 3 rings (SSSR count). The maximum atomic E-state index is 5.44. The summed E-state index contributed by atoms with van der Waals surface area (Å²) in [6.07, 6.45) is 1.94. The van der Waals surface area contributed by atoms with Crippen LogP contribution in [0, 0.1) is 0 Å². The van der Waals surface area contributed by atoms with E-state index in [0.717, 1.165) is 12.8 Å². The molecule has 1 aromatic carbocycles. The molecular weight excluding hydrogens is 190 g/mol. The van der Waals surface area contributed by atoms with E-state index < -0.39 is 0 Å². The third kappa shape index (κ3) is 1.38. The fraction of sp³-hybridized carbons (Fsp3) is 0.273. The molecule has 0 fully saturated rings. The third-order valence-electron chi connectivity index (χ3n) is 2.86. The number of fused-ring (bicyclic) bond motifs is 1. The van der Waals surface area contributed by atoms with Crippen LogP contribution in [0.1, 0.15) is 22.9 Å². The maximum absolute atomic E-state index is 5.44. The van der Waals surface area contributed by atoms with Crippen molar-refractivity contribution >= 4 is 5.95 Å². The summed E-state index contributed by atoms with van der Waals surface area (Å²) in [6, 6.07) is 8.41. The van der Waals surface area contributed by atoms with Crippen molar-refractivity contribution in [3.05, 3.63) is 41.3 Å². The van der Waals surface area contributed by atoms with Crippen molar-refractivity contribution in [2.75, 3.05) is 5.73 Å². The van der Waals surface area contributed by atoms with Gasteiger partial charge in [-0.25, -0.2) is 0 Å². The predicted octanol–water partition coefficient (Wildman–Crippen LogP) is 1.53. The lowest BCUT2D eigenvalue weighted by molar-refractivity contribution is 0.356. The van der Waals surface area contributed by atoms with Crippen molar-refractivity contribution in [3.8, 4) is 0 Å². The van der Waals surface area contributed by atoms with Gasteiger partial charge in [-0.05, 0) is 29.1 Å². The fourth-order valence-corrected chi connectivity index (χ4v) is 2.15. The van der Waals surface area contributed by atoms with Crippen LogP contribution < -0.4 is 5.73 Å². The first-order valence-corrected chi connectivity index (χ1v) is 4.99. The fourth-order valence-electron chi connectivity index (χ4n) is 2.15. The van der Waals surface area contributed by atoms with Crippen molar-refractivity contribution < 1.29 is 4.52 Å². The molecule has 1 aromatic heterocycles. The minimum Gasteiger partial charge on any atom is -0.365 e. The number of nitrogens with two attached hydrogens (primary N) is 1. The van der Waals surface area contributed by atoms with Gasteiger partial charge in [0.25, 0.3) is 5.95 Å². The Kier molecular flexibility index (Phi) is 1.74. The second-order valence-electron chi connectivity index (χ2n) is 3.86. The lowest BCUT2D eigenvalue weighted by Gasteiger charge is -1.99. The SMILES string of the molecule is Nc1noc(C2Cc3ccccc3C2)n1. The summed E-state index contributed by atoms with van der Waals surface area (Å²) in [5.41, 5.74) is 8.18. The number of hydrogen-bond acceptors (Lipinski definition) is 4. The first kappa shape index (κ1) is 8.47. The van der Waals surface area contributed by atoms with E-state index in [9.17, 15) is 0 Å². The zero-order valence-electron chi connectivity index (χ0n) is 8.18. The number of benzene rings is 1. The number of aromatic nitrogens is 2. The Morgan fingerprint density at radius 1 is 1.20 bits per heavy atom. The highest BCUT2D eigenvalue weighted by molar-refractivity contribution is 5.35. The average Bonchev–Trinajstić information content (AvgIpc) is 2.82. The molecule has 1 aliphatic carbocycles. The molecule has 0 saturated carbocycles. The lowest BCUT2D eigenvalue weighted by atomic mass is 10.1. The van der Waals surface area contributed by atoms with Gasteiger partial charge in [0.1, 0.15) is 0 Å². The summed E-state index contributed by atoms with van der Waals surface area (Å²) in [4.78, 5) is 4.08. The zero-order chi connectivity index (χ0) is 10.3. The molecule has 2 N–H and O–H groups in total. The molecule has 2 aromatic rings. The summed E-state index contributed by atoms with van der Waals surface area (Å²) in [7, 11) is 0. The number of hydrogen-bond donors (Lipinski definition) is 1. The minimum absolute atomic E-state index is 0.223. The van der Waals surface area contributed by atoms with Gasteiger partial charge in [0, 0.05) is 5.92 Å². The van der Waals surface area contributed by atoms with Gasteiger partial charge in [-0.3, -0.25) is 0 Å². The summed E-state index contributed by atoms with van der Waals surface area (Å²) >= 11 is 0. The molecular formula is C11H11N3O. The van der Waals surface area contributed by atoms with Crippen LogP contribution in [-0.4, -0.2) is 10.1 Å². The zero-order valence-corrected chi connectivity index (χ0v) is 8.18. The number of nitrogen functional groups attached to an aromatic ring is 1. The summed E-state index contributed by atoms with van der Waals surface area (Å²) < 4.78 is 5.09. The molecule has 0 spiro atoms. The van der Waals surface area contributed by atoms with Crippen molar-refractivity contribution in [1.29, 1.82) is 0 Å².